The van der Waals surface area contributed by atoms with Crippen molar-refractivity contribution in [3.8, 4) is 0 Å². The standard InChI is InChI=1S/C17H22N4O2/c1-11(14-9-18-10-14)16(22)19-12(2)17-20-15(21-23-17)8-13-6-4-3-5-7-13/h3-7,11-12,14,18H,8-10H2,1-2H3,(H,19,22). The number of nitrogens with one attached hydrogen (secondary N) is 2. The summed E-state index contributed by atoms with van der Waals surface area (Å²) in [6.07, 6.45) is 0.620. The van der Waals surface area contributed by atoms with Crippen LogP contribution in [0.3, 0.4) is 0 Å². The van der Waals surface area contributed by atoms with Gasteiger partial charge in [-0.3, -0.25) is 4.79 Å². The van der Waals surface area contributed by atoms with Crippen LogP contribution in [0.2, 0.25) is 0 Å². The monoisotopic (exact) mass is 314 g/mol. The van der Waals surface area contributed by atoms with Crippen molar-refractivity contribution in [3.05, 3.63) is 47.6 Å². The fourth-order valence-electron chi connectivity index (χ4n) is 2.58. The molecule has 2 atom stereocenters. The molecule has 1 aromatic carbocycles. The van der Waals surface area contributed by atoms with Crippen LogP contribution in [0.15, 0.2) is 34.9 Å². The molecule has 0 radical (unpaired) electrons. The summed E-state index contributed by atoms with van der Waals surface area (Å²) in [5.41, 5.74) is 1.13. The van der Waals surface area contributed by atoms with Gasteiger partial charge in [-0.2, -0.15) is 4.98 Å². The lowest BCUT2D eigenvalue weighted by atomic mass is 9.88. The number of nitrogens with zero attached hydrogens (tertiary/aromatic N) is 2. The zero-order valence-electron chi connectivity index (χ0n) is 13.5. The minimum absolute atomic E-state index is 0.00888. The highest BCUT2D eigenvalue weighted by Gasteiger charge is 2.30. The van der Waals surface area contributed by atoms with E-state index in [0.29, 0.717) is 24.1 Å². The van der Waals surface area contributed by atoms with Crippen molar-refractivity contribution in [2.75, 3.05) is 13.1 Å². The third-order valence-corrected chi connectivity index (χ3v) is 4.35. The number of aromatic nitrogens is 2. The number of hydrogen-bond acceptors (Lipinski definition) is 5. The third kappa shape index (κ3) is 3.76. The van der Waals surface area contributed by atoms with Gasteiger partial charge in [0.25, 0.3) is 0 Å². The Morgan fingerprint density at radius 3 is 2.74 bits per heavy atom. The first-order valence-corrected chi connectivity index (χ1v) is 8.01. The summed E-state index contributed by atoms with van der Waals surface area (Å²) in [5.74, 6) is 1.52. The number of carbonyl (C=O) groups excluding carboxylic acids is 1. The highest BCUT2D eigenvalue weighted by Crippen LogP contribution is 2.18. The normalized spacial score (nSPS) is 17.3. The SMILES string of the molecule is CC(NC(=O)C(C)C1CNC1)c1nc(Cc2ccccc2)no1. The summed E-state index contributed by atoms with van der Waals surface area (Å²) in [6.45, 7) is 5.64. The maximum atomic E-state index is 12.2. The van der Waals surface area contributed by atoms with Crippen molar-refractivity contribution < 1.29 is 9.32 Å². The fraction of sp³-hybridized carbons (Fsp3) is 0.471. The lowest BCUT2D eigenvalue weighted by Gasteiger charge is -2.32. The van der Waals surface area contributed by atoms with Crippen molar-refractivity contribution in [2.45, 2.75) is 26.3 Å². The van der Waals surface area contributed by atoms with Crippen LogP contribution in [0, 0.1) is 11.8 Å². The second-order valence-electron chi connectivity index (χ2n) is 6.15. The predicted molar refractivity (Wildman–Crippen MR) is 85.6 cm³/mol. The van der Waals surface area contributed by atoms with Crippen LogP contribution < -0.4 is 10.6 Å². The van der Waals surface area contributed by atoms with E-state index in [4.69, 9.17) is 4.52 Å². The third-order valence-electron chi connectivity index (χ3n) is 4.35. The van der Waals surface area contributed by atoms with Gasteiger partial charge in [-0.25, -0.2) is 0 Å². The lowest BCUT2D eigenvalue weighted by molar-refractivity contribution is -0.127. The molecule has 0 bridgehead atoms. The van der Waals surface area contributed by atoms with Gasteiger partial charge < -0.3 is 15.2 Å². The Labute approximate surface area is 135 Å². The number of rotatable bonds is 6. The van der Waals surface area contributed by atoms with Gasteiger partial charge in [0.2, 0.25) is 11.8 Å². The molecule has 2 aromatic rings. The van der Waals surface area contributed by atoms with E-state index in [2.05, 4.69) is 20.8 Å². The number of carbonyl (C=O) groups is 1. The number of benzene rings is 1. The van der Waals surface area contributed by atoms with Gasteiger partial charge in [0, 0.05) is 12.3 Å². The summed E-state index contributed by atoms with van der Waals surface area (Å²) in [4.78, 5) is 16.6. The van der Waals surface area contributed by atoms with Crippen molar-refractivity contribution in [1.82, 2.24) is 20.8 Å². The van der Waals surface area contributed by atoms with E-state index in [9.17, 15) is 4.79 Å². The molecule has 2 unspecified atom stereocenters. The molecule has 6 heteroatoms. The van der Waals surface area contributed by atoms with Gasteiger partial charge in [0.1, 0.15) is 6.04 Å². The van der Waals surface area contributed by atoms with Gasteiger partial charge >= 0.3 is 0 Å². The van der Waals surface area contributed by atoms with E-state index in [-0.39, 0.29) is 17.9 Å². The molecule has 3 rings (SSSR count). The van der Waals surface area contributed by atoms with E-state index in [0.717, 1.165) is 18.7 Å². The molecule has 23 heavy (non-hydrogen) atoms. The smallest absolute Gasteiger partial charge is 0.248 e. The quantitative estimate of drug-likeness (QED) is 0.848. The molecule has 1 aliphatic heterocycles. The molecule has 1 fully saturated rings. The Morgan fingerprint density at radius 1 is 1.35 bits per heavy atom. The molecule has 6 nitrogen and oxygen atoms in total. The summed E-state index contributed by atoms with van der Waals surface area (Å²) in [5, 5.41) is 10.1. The summed E-state index contributed by atoms with van der Waals surface area (Å²) < 4.78 is 5.29. The van der Waals surface area contributed by atoms with E-state index in [1.54, 1.807) is 0 Å². The van der Waals surface area contributed by atoms with Crippen LogP contribution in [0.1, 0.15) is 37.2 Å². The Morgan fingerprint density at radius 2 is 2.09 bits per heavy atom. The molecular formula is C17H22N4O2. The molecule has 2 N–H and O–H groups in total. The van der Waals surface area contributed by atoms with Crippen LogP contribution in [0.25, 0.3) is 0 Å². The highest BCUT2D eigenvalue weighted by atomic mass is 16.5. The Hall–Kier alpha value is -2.21. The number of hydrogen-bond donors (Lipinski definition) is 2. The van der Waals surface area contributed by atoms with Crippen LogP contribution in [-0.2, 0) is 11.2 Å². The van der Waals surface area contributed by atoms with Crippen molar-refractivity contribution >= 4 is 5.91 Å². The van der Waals surface area contributed by atoms with Crippen molar-refractivity contribution in [2.24, 2.45) is 11.8 Å². The molecule has 122 valence electrons. The molecule has 0 saturated carbocycles. The van der Waals surface area contributed by atoms with Crippen LogP contribution in [-0.4, -0.2) is 29.1 Å². The zero-order chi connectivity index (χ0) is 16.2. The van der Waals surface area contributed by atoms with Crippen LogP contribution >= 0.6 is 0 Å². The van der Waals surface area contributed by atoms with E-state index in [1.165, 1.54) is 0 Å². The summed E-state index contributed by atoms with van der Waals surface area (Å²) >= 11 is 0. The van der Waals surface area contributed by atoms with Crippen LogP contribution in [0.4, 0.5) is 0 Å². The van der Waals surface area contributed by atoms with Gasteiger partial charge in [0.05, 0.1) is 0 Å². The average molecular weight is 314 g/mol. The molecular weight excluding hydrogens is 292 g/mol. The van der Waals surface area contributed by atoms with Crippen molar-refractivity contribution in [3.63, 3.8) is 0 Å². The van der Waals surface area contributed by atoms with E-state index < -0.39 is 0 Å². The van der Waals surface area contributed by atoms with Gasteiger partial charge in [-0.1, -0.05) is 42.4 Å². The maximum Gasteiger partial charge on any atom is 0.248 e. The first-order chi connectivity index (χ1) is 11.1. The van der Waals surface area contributed by atoms with Crippen molar-refractivity contribution in [1.29, 1.82) is 0 Å². The molecule has 2 heterocycles. The van der Waals surface area contributed by atoms with Gasteiger partial charge in [-0.15, -0.1) is 0 Å². The van der Waals surface area contributed by atoms with Crippen LogP contribution in [0.5, 0.6) is 0 Å². The second kappa shape index (κ2) is 6.91. The van der Waals surface area contributed by atoms with E-state index >= 15 is 0 Å². The minimum atomic E-state index is -0.282. The Balaban J connectivity index is 1.57. The molecule has 1 aliphatic rings. The van der Waals surface area contributed by atoms with Gasteiger partial charge in [0.15, 0.2) is 5.82 Å². The molecule has 0 spiro atoms. The van der Waals surface area contributed by atoms with Gasteiger partial charge in [-0.05, 0) is 31.5 Å². The summed E-state index contributed by atoms with van der Waals surface area (Å²) in [6, 6.07) is 9.70. The largest absolute Gasteiger partial charge is 0.344 e. The molecule has 1 amide bonds. The highest BCUT2D eigenvalue weighted by molar-refractivity contribution is 5.79. The Bertz CT molecular complexity index is 652. The first kappa shape index (κ1) is 15.7. The topological polar surface area (TPSA) is 80.0 Å². The lowest BCUT2D eigenvalue weighted by Crippen LogP contribution is -2.49. The Kier molecular flexibility index (Phi) is 4.71. The predicted octanol–water partition coefficient (Wildman–Crippen LogP) is 1.69. The molecule has 1 saturated heterocycles. The maximum absolute atomic E-state index is 12.2. The van der Waals surface area contributed by atoms with E-state index in [1.807, 2.05) is 44.2 Å². The second-order valence-corrected chi connectivity index (χ2v) is 6.15. The average Bonchev–Trinajstić information content (AvgIpc) is 2.95. The number of amides is 1. The molecule has 0 aliphatic carbocycles. The first-order valence-electron chi connectivity index (χ1n) is 8.01. The molecule has 1 aromatic heterocycles. The summed E-state index contributed by atoms with van der Waals surface area (Å²) in [7, 11) is 0. The minimum Gasteiger partial charge on any atom is -0.344 e. The zero-order valence-corrected chi connectivity index (χ0v) is 13.5. The fourth-order valence-corrected chi connectivity index (χ4v) is 2.58.